The van der Waals surface area contributed by atoms with E-state index in [9.17, 15) is 9.18 Å². The molecule has 2 N–H and O–H groups in total. The van der Waals surface area contributed by atoms with E-state index in [1.54, 1.807) is 12.1 Å². The minimum Gasteiger partial charge on any atom is -0.350 e. The molecule has 1 aliphatic carbocycles. The van der Waals surface area contributed by atoms with Crippen LogP contribution in [-0.4, -0.2) is 20.5 Å². The quantitative estimate of drug-likeness (QED) is 0.553. The Labute approximate surface area is 161 Å². The summed E-state index contributed by atoms with van der Waals surface area (Å²) in [6.07, 6.45) is 4.05. The lowest BCUT2D eigenvalue weighted by Gasteiger charge is -2.16. The first kappa shape index (κ1) is 17.0. The molecule has 3 aromatic heterocycles. The van der Waals surface area contributed by atoms with Gasteiger partial charge in [-0.1, -0.05) is 12.1 Å². The van der Waals surface area contributed by atoms with Gasteiger partial charge < -0.3 is 10.3 Å². The second kappa shape index (κ2) is 6.19. The van der Waals surface area contributed by atoms with Crippen LogP contribution in [0, 0.1) is 25.6 Å². The molecule has 1 fully saturated rings. The molecule has 1 aliphatic rings. The van der Waals surface area contributed by atoms with E-state index < -0.39 is 0 Å². The number of fused-ring (bicyclic) bond motifs is 2. The van der Waals surface area contributed by atoms with Gasteiger partial charge in [0.15, 0.2) is 0 Å². The molecule has 1 aromatic carbocycles. The smallest absolute Gasteiger partial charge is 0.268 e. The zero-order valence-electron chi connectivity index (χ0n) is 15.8. The highest BCUT2D eigenvalue weighted by Gasteiger charge is 2.36. The Kier molecular flexibility index (Phi) is 3.75. The highest BCUT2D eigenvalue weighted by Crippen LogP contribution is 2.42. The van der Waals surface area contributed by atoms with Gasteiger partial charge in [0, 0.05) is 17.1 Å². The Morgan fingerprint density at radius 2 is 2.11 bits per heavy atom. The molecule has 3 heterocycles. The molecule has 1 atom stereocenters. The van der Waals surface area contributed by atoms with Crippen molar-refractivity contribution in [2.45, 2.75) is 32.7 Å². The van der Waals surface area contributed by atoms with Gasteiger partial charge in [-0.05, 0) is 62.4 Å². The largest absolute Gasteiger partial charge is 0.350 e. The van der Waals surface area contributed by atoms with Crippen LogP contribution in [0.5, 0.6) is 0 Å². The third kappa shape index (κ3) is 2.68. The van der Waals surface area contributed by atoms with Crippen molar-refractivity contribution in [3.8, 4) is 0 Å². The lowest BCUT2D eigenvalue weighted by molar-refractivity contribution is 0.0926. The Bertz CT molecular complexity index is 1180. The van der Waals surface area contributed by atoms with Crippen molar-refractivity contribution >= 4 is 22.3 Å². The maximum Gasteiger partial charge on any atom is 0.268 e. The normalized spacial score (nSPS) is 15.2. The number of carbonyl (C=O) groups is 1. The first-order valence-corrected chi connectivity index (χ1v) is 9.55. The molecular formula is C22H21FN4O. The zero-order valence-corrected chi connectivity index (χ0v) is 15.8. The molecule has 5 nitrogen and oxygen atoms in total. The van der Waals surface area contributed by atoms with Crippen LogP contribution >= 0.6 is 0 Å². The summed E-state index contributed by atoms with van der Waals surface area (Å²) in [5.74, 6) is -0.176. The van der Waals surface area contributed by atoms with Crippen molar-refractivity contribution < 1.29 is 9.18 Å². The van der Waals surface area contributed by atoms with E-state index in [-0.39, 0.29) is 17.8 Å². The summed E-state index contributed by atoms with van der Waals surface area (Å²) in [5, 5.41) is 8.31. The molecule has 28 heavy (non-hydrogen) atoms. The summed E-state index contributed by atoms with van der Waals surface area (Å²) >= 11 is 0. The van der Waals surface area contributed by atoms with Crippen LogP contribution < -0.4 is 5.32 Å². The van der Waals surface area contributed by atoms with Gasteiger partial charge >= 0.3 is 0 Å². The van der Waals surface area contributed by atoms with Crippen molar-refractivity contribution in [3.05, 3.63) is 70.9 Å². The number of nitrogens with one attached hydrogen (secondary N) is 2. The van der Waals surface area contributed by atoms with E-state index in [4.69, 9.17) is 5.10 Å². The van der Waals surface area contributed by atoms with Gasteiger partial charge in [0.1, 0.15) is 11.5 Å². The molecule has 0 aliphatic heterocycles. The fourth-order valence-electron chi connectivity index (χ4n) is 3.94. The van der Waals surface area contributed by atoms with Crippen LogP contribution in [0.15, 0.2) is 42.6 Å². The Hall–Kier alpha value is -3.15. The van der Waals surface area contributed by atoms with Crippen molar-refractivity contribution in [1.82, 2.24) is 19.9 Å². The fraction of sp³-hybridized carbons (Fsp3) is 0.273. The molecule has 0 bridgehead atoms. The van der Waals surface area contributed by atoms with Gasteiger partial charge in [0.25, 0.3) is 5.91 Å². The Morgan fingerprint density at radius 3 is 2.82 bits per heavy atom. The minimum absolute atomic E-state index is 0.148. The summed E-state index contributed by atoms with van der Waals surface area (Å²) in [4.78, 5) is 16.1. The molecule has 1 saturated carbocycles. The molecule has 6 heteroatoms. The Morgan fingerprint density at radius 1 is 1.29 bits per heavy atom. The monoisotopic (exact) mass is 376 g/mol. The lowest BCUT2D eigenvalue weighted by atomic mass is 10.0. The van der Waals surface area contributed by atoms with Crippen LogP contribution in [0.3, 0.4) is 0 Å². The van der Waals surface area contributed by atoms with Gasteiger partial charge in [-0.3, -0.25) is 4.79 Å². The van der Waals surface area contributed by atoms with Gasteiger partial charge in [-0.15, -0.1) is 0 Å². The molecule has 1 amide bonds. The molecular weight excluding hydrogens is 355 g/mol. The summed E-state index contributed by atoms with van der Waals surface area (Å²) < 4.78 is 16.0. The molecule has 0 radical (unpaired) electrons. The summed E-state index contributed by atoms with van der Waals surface area (Å²) in [6, 6.07) is 10.5. The first-order valence-electron chi connectivity index (χ1n) is 9.55. The number of hydrogen-bond donors (Lipinski definition) is 2. The van der Waals surface area contributed by atoms with E-state index in [0.717, 1.165) is 35.2 Å². The van der Waals surface area contributed by atoms with Crippen LogP contribution in [0.4, 0.5) is 4.39 Å². The molecule has 0 saturated heterocycles. The fourth-order valence-corrected chi connectivity index (χ4v) is 3.94. The number of H-pyrrole nitrogens is 1. The predicted octanol–water partition coefficient (Wildman–Crippen LogP) is 4.45. The number of hydrogen-bond acceptors (Lipinski definition) is 2. The lowest BCUT2D eigenvalue weighted by Crippen LogP contribution is -2.30. The number of aromatic nitrogens is 3. The number of rotatable bonds is 4. The van der Waals surface area contributed by atoms with E-state index in [2.05, 4.69) is 10.3 Å². The highest BCUT2D eigenvalue weighted by molar-refractivity contribution is 5.99. The van der Waals surface area contributed by atoms with Crippen molar-refractivity contribution in [2.75, 3.05) is 0 Å². The summed E-state index contributed by atoms with van der Waals surface area (Å²) in [6.45, 7) is 3.94. The van der Waals surface area contributed by atoms with E-state index in [1.165, 1.54) is 6.07 Å². The number of aryl methyl sites for hydroxylation is 2. The molecule has 4 aromatic rings. The van der Waals surface area contributed by atoms with E-state index in [1.807, 2.05) is 42.8 Å². The number of benzene rings is 1. The first-order chi connectivity index (χ1) is 13.5. The van der Waals surface area contributed by atoms with Crippen molar-refractivity contribution in [1.29, 1.82) is 0 Å². The topological polar surface area (TPSA) is 62.2 Å². The highest BCUT2D eigenvalue weighted by atomic mass is 19.1. The van der Waals surface area contributed by atoms with Crippen LogP contribution in [0.25, 0.3) is 16.4 Å². The SMILES string of the molecule is Cc1ccc(F)c2cc(C(=O)NC(c3nn4ccccc4c3C)C3CC3)[nH]c12. The predicted molar refractivity (Wildman–Crippen MR) is 106 cm³/mol. The van der Waals surface area contributed by atoms with E-state index >= 15 is 0 Å². The average molecular weight is 376 g/mol. The van der Waals surface area contributed by atoms with Crippen molar-refractivity contribution in [2.24, 2.45) is 5.92 Å². The Balaban J connectivity index is 1.50. The minimum atomic E-state index is -0.328. The van der Waals surface area contributed by atoms with Crippen LogP contribution in [-0.2, 0) is 0 Å². The number of amides is 1. The van der Waals surface area contributed by atoms with Crippen LogP contribution in [0.1, 0.15) is 46.2 Å². The summed E-state index contributed by atoms with van der Waals surface area (Å²) in [7, 11) is 0. The van der Waals surface area contributed by atoms with Crippen LogP contribution in [0.2, 0.25) is 0 Å². The van der Waals surface area contributed by atoms with Gasteiger partial charge in [0.05, 0.1) is 22.8 Å². The maximum atomic E-state index is 14.1. The number of aromatic amines is 1. The summed E-state index contributed by atoms with van der Waals surface area (Å²) in [5.41, 5.74) is 4.97. The molecule has 1 unspecified atom stereocenters. The second-order valence-corrected chi connectivity index (χ2v) is 7.67. The molecule has 0 spiro atoms. The van der Waals surface area contributed by atoms with E-state index in [0.29, 0.717) is 22.5 Å². The number of nitrogens with zero attached hydrogens (tertiary/aromatic N) is 2. The number of pyridine rings is 1. The number of carbonyl (C=O) groups excluding carboxylic acids is 1. The molecule has 5 rings (SSSR count). The van der Waals surface area contributed by atoms with Crippen molar-refractivity contribution in [3.63, 3.8) is 0 Å². The third-order valence-corrected chi connectivity index (χ3v) is 5.69. The maximum absolute atomic E-state index is 14.1. The van der Waals surface area contributed by atoms with Gasteiger partial charge in [-0.25, -0.2) is 8.91 Å². The molecule has 142 valence electrons. The van der Waals surface area contributed by atoms with Gasteiger partial charge in [-0.2, -0.15) is 5.10 Å². The third-order valence-electron chi connectivity index (χ3n) is 5.69. The zero-order chi connectivity index (χ0) is 19.4. The standard InChI is InChI=1S/C22H21FN4O/c1-12-6-9-16(23)15-11-17(24-19(12)15)22(28)25-21(14-7-8-14)20-13(2)18-5-3-4-10-27(18)26-20/h3-6,9-11,14,21,24H,7-8H2,1-2H3,(H,25,28). The van der Waals surface area contributed by atoms with Gasteiger partial charge in [0.2, 0.25) is 0 Å². The second-order valence-electron chi connectivity index (χ2n) is 7.67. The number of halogens is 1. The average Bonchev–Trinajstić information content (AvgIpc) is 3.34.